The topological polar surface area (TPSA) is 108 Å². The van der Waals surface area contributed by atoms with Crippen molar-refractivity contribution in [2.45, 2.75) is 44.7 Å². The molecule has 3 N–H and O–H groups in total. The van der Waals surface area contributed by atoms with Crippen LogP contribution in [0.3, 0.4) is 0 Å². The first-order valence-corrected chi connectivity index (χ1v) is 13.8. The molecule has 0 saturated heterocycles. The summed E-state index contributed by atoms with van der Waals surface area (Å²) in [4.78, 5) is 16.4. The summed E-state index contributed by atoms with van der Waals surface area (Å²) in [6.45, 7) is 5.95. The number of benzene rings is 3. The molecule has 0 spiro atoms. The summed E-state index contributed by atoms with van der Waals surface area (Å²) >= 11 is 0. The Kier molecular flexibility index (Phi) is 8.24. The zero-order valence-corrected chi connectivity index (χ0v) is 22.4. The predicted molar refractivity (Wildman–Crippen MR) is 150 cm³/mol. The molecule has 0 fully saturated rings. The smallest absolute Gasteiger partial charge is 0.322 e. The third-order valence-electron chi connectivity index (χ3n) is 6.26. The number of sulfonamides is 1. The lowest BCUT2D eigenvalue weighted by atomic mass is 9.99. The number of nitrogens with one attached hydrogen (secondary N) is 2. The van der Waals surface area contributed by atoms with Gasteiger partial charge in [-0.2, -0.15) is 4.72 Å². The summed E-state index contributed by atoms with van der Waals surface area (Å²) in [5.74, 6) is -0.424. The second kappa shape index (κ2) is 11.6. The fourth-order valence-corrected chi connectivity index (χ4v) is 6.25. The van der Waals surface area contributed by atoms with Gasteiger partial charge in [0.05, 0.1) is 4.90 Å². The van der Waals surface area contributed by atoms with Crippen LogP contribution in [0, 0.1) is 20.8 Å². The molecule has 38 heavy (non-hydrogen) atoms. The molecular formula is C30H31N3O4S. The van der Waals surface area contributed by atoms with Crippen molar-refractivity contribution in [1.29, 1.82) is 0 Å². The van der Waals surface area contributed by atoms with E-state index in [-0.39, 0.29) is 11.3 Å². The van der Waals surface area contributed by atoms with E-state index in [0.717, 1.165) is 28.1 Å². The van der Waals surface area contributed by atoms with E-state index in [9.17, 15) is 18.3 Å². The van der Waals surface area contributed by atoms with Gasteiger partial charge in [-0.3, -0.25) is 4.79 Å². The lowest BCUT2D eigenvalue weighted by Crippen LogP contribution is -2.42. The molecule has 4 rings (SSSR count). The molecule has 1 heterocycles. The summed E-state index contributed by atoms with van der Waals surface area (Å²) in [5, 5.41) is 13.1. The van der Waals surface area contributed by atoms with Gasteiger partial charge in [0.2, 0.25) is 10.0 Å². The zero-order chi connectivity index (χ0) is 27.3. The quantitative estimate of drug-likeness (QED) is 0.259. The molecule has 0 unspecified atom stereocenters. The molecule has 0 aliphatic heterocycles. The minimum atomic E-state index is -4.03. The van der Waals surface area contributed by atoms with Gasteiger partial charge in [-0.15, -0.1) is 0 Å². The van der Waals surface area contributed by atoms with Crippen LogP contribution >= 0.6 is 0 Å². The minimum absolute atomic E-state index is 0.0207. The highest BCUT2D eigenvalue weighted by molar-refractivity contribution is 7.89. The van der Waals surface area contributed by atoms with Gasteiger partial charge >= 0.3 is 5.97 Å². The van der Waals surface area contributed by atoms with Crippen LogP contribution in [0.15, 0.2) is 90.0 Å². The van der Waals surface area contributed by atoms with Crippen molar-refractivity contribution in [2.75, 3.05) is 5.32 Å². The summed E-state index contributed by atoms with van der Waals surface area (Å²) < 4.78 is 28.6. The highest BCUT2D eigenvalue weighted by atomic mass is 32.2. The van der Waals surface area contributed by atoms with Crippen LogP contribution in [0.2, 0.25) is 0 Å². The van der Waals surface area contributed by atoms with Crippen LogP contribution in [0.25, 0.3) is 11.1 Å². The maximum Gasteiger partial charge on any atom is 0.322 e. The number of pyridine rings is 1. The van der Waals surface area contributed by atoms with Crippen LogP contribution in [-0.2, 0) is 27.8 Å². The van der Waals surface area contributed by atoms with Gasteiger partial charge in [0.25, 0.3) is 0 Å². The van der Waals surface area contributed by atoms with Crippen LogP contribution in [0.5, 0.6) is 0 Å². The van der Waals surface area contributed by atoms with Crippen LogP contribution in [0.1, 0.15) is 27.8 Å². The van der Waals surface area contributed by atoms with E-state index in [1.165, 1.54) is 0 Å². The fourth-order valence-electron chi connectivity index (χ4n) is 4.61. The average molecular weight is 530 g/mol. The first kappa shape index (κ1) is 27.0. The third kappa shape index (κ3) is 6.65. The number of hydrogen-bond donors (Lipinski definition) is 3. The van der Waals surface area contributed by atoms with Crippen molar-refractivity contribution in [2.24, 2.45) is 0 Å². The standard InChI is InChI=1S/C30H31N3O4S/c1-20-15-21(2)29(22(3)16-20)38(36,37)33-27(30(34)35)18-23-10-12-25(13-11-23)26-8-6-7-24(17-26)19-32-28-9-4-5-14-31-28/h4-17,27,33H,18-19H2,1-3H3,(H,31,32)(H,34,35)/t27-/m0/s1. The number of aromatic nitrogens is 1. The van der Waals surface area contributed by atoms with E-state index in [0.29, 0.717) is 23.2 Å². The molecule has 3 aromatic carbocycles. The average Bonchev–Trinajstić information content (AvgIpc) is 2.87. The number of carbonyl (C=O) groups is 1. The summed E-state index contributed by atoms with van der Waals surface area (Å²) in [6, 6.07) is 23.6. The van der Waals surface area contributed by atoms with Crippen molar-refractivity contribution in [3.05, 3.63) is 113 Å². The zero-order valence-electron chi connectivity index (χ0n) is 21.6. The maximum absolute atomic E-state index is 13.1. The molecule has 0 amide bonds. The third-order valence-corrected chi connectivity index (χ3v) is 8.04. The fraction of sp³-hybridized carbons (Fsp3) is 0.200. The molecule has 4 aromatic rings. The Bertz CT molecular complexity index is 1510. The Morgan fingerprint density at radius 3 is 2.21 bits per heavy atom. The SMILES string of the molecule is Cc1cc(C)c(S(=O)(=O)N[C@@H](Cc2ccc(-c3cccc(CNc4ccccn4)c3)cc2)C(=O)O)c(C)c1. The van der Waals surface area contributed by atoms with Crippen molar-refractivity contribution in [3.63, 3.8) is 0 Å². The molecule has 196 valence electrons. The number of hydrogen-bond acceptors (Lipinski definition) is 5. The summed E-state index contributed by atoms with van der Waals surface area (Å²) in [6.07, 6.45) is 1.76. The van der Waals surface area contributed by atoms with Gasteiger partial charge in [0, 0.05) is 12.7 Å². The number of anilines is 1. The van der Waals surface area contributed by atoms with Gasteiger partial charge in [0.15, 0.2) is 0 Å². The second-order valence-corrected chi connectivity index (χ2v) is 11.1. The maximum atomic E-state index is 13.1. The molecule has 0 radical (unpaired) electrons. The highest BCUT2D eigenvalue weighted by Crippen LogP contribution is 2.24. The van der Waals surface area contributed by atoms with Gasteiger partial charge in [-0.1, -0.05) is 66.2 Å². The van der Waals surface area contributed by atoms with E-state index >= 15 is 0 Å². The van der Waals surface area contributed by atoms with E-state index in [4.69, 9.17) is 0 Å². The molecule has 0 bridgehead atoms. The predicted octanol–water partition coefficient (Wildman–Crippen LogP) is 5.26. The van der Waals surface area contributed by atoms with Gasteiger partial charge < -0.3 is 10.4 Å². The van der Waals surface area contributed by atoms with Gasteiger partial charge in [-0.05, 0) is 78.8 Å². The largest absolute Gasteiger partial charge is 0.480 e. The Balaban J connectivity index is 1.47. The van der Waals surface area contributed by atoms with E-state index in [1.807, 2.05) is 67.6 Å². The Hall–Kier alpha value is -4.01. The number of carboxylic acid groups (broad SMARTS) is 1. The molecule has 1 aromatic heterocycles. The van der Waals surface area contributed by atoms with Gasteiger partial charge in [-0.25, -0.2) is 13.4 Å². The Morgan fingerprint density at radius 1 is 0.868 bits per heavy atom. The Labute approximate surface area is 223 Å². The summed E-state index contributed by atoms with van der Waals surface area (Å²) in [5.41, 5.74) is 5.93. The lowest BCUT2D eigenvalue weighted by molar-refractivity contribution is -0.138. The molecule has 7 nitrogen and oxygen atoms in total. The van der Waals surface area contributed by atoms with Crippen molar-refractivity contribution < 1.29 is 18.3 Å². The first-order chi connectivity index (χ1) is 18.1. The van der Waals surface area contributed by atoms with E-state index in [2.05, 4.69) is 21.1 Å². The number of aliphatic carboxylic acids is 1. The molecule has 0 saturated carbocycles. The number of rotatable bonds is 10. The molecule has 8 heteroatoms. The Morgan fingerprint density at radius 2 is 1.58 bits per heavy atom. The van der Waals surface area contributed by atoms with Gasteiger partial charge in [0.1, 0.15) is 11.9 Å². The van der Waals surface area contributed by atoms with Crippen LogP contribution in [0.4, 0.5) is 5.82 Å². The number of nitrogens with zero attached hydrogens (tertiary/aromatic N) is 1. The monoisotopic (exact) mass is 529 g/mol. The minimum Gasteiger partial charge on any atom is -0.480 e. The van der Waals surface area contributed by atoms with Crippen molar-refractivity contribution >= 4 is 21.8 Å². The normalized spacial score (nSPS) is 12.2. The van der Waals surface area contributed by atoms with Crippen molar-refractivity contribution in [1.82, 2.24) is 9.71 Å². The first-order valence-electron chi connectivity index (χ1n) is 12.3. The molecule has 0 aliphatic rings. The lowest BCUT2D eigenvalue weighted by Gasteiger charge is -2.18. The summed E-state index contributed by atoms with van der Waals surface area (Å²) in [7, 11) is -4.03. The molecule has 1 atom stereocenters. The molecule has 0 aliphatic carbocycles. The number of aryl methyl sites for hydroxylation is 3. The second-order valence-electron chi connectivity index (χ2n) is 9.41. The van der Waals surface area contributed by atoms with Crippen LogP contribution in [-0.4, -0.2) is 30.5 Å². The van der Waals surface area contributed by atoms with Crippen molar-refractivity contribution in [3.8, 4) is 11.1 Å². The van der Waals surface area contributed by atoms with Crippen LogP contribution < -0.4 is 10.0 Å². The highest BCUT2D eigenvalue weighted by Gasteiger charge is 2.28. The van der Waals surface area contributed by atoms with E-state index in [1.54, 1.807) is 32.2 Å². The van der Waals surface area contributed by atoms with E-state index < -0.39 is 22.0 Å². The number of carboxylic acids is 1. The molecular weight excluding hydrogens is 498 g/mol.